The summed E-state index contributed by atoms with van der Waals surface area (Å²) in [5, 5.41) is 3.42. The summed E-state index contributed by atoms with van der Waals surface area (Å²) < 4.78 is 27.5. The lowest BCUT2D eigenvalue weighted by Gasteiger charge is -2.18. The molecule has 1 aromatic rings. The van der Waals surface area contributed by atoms with E-state index < -0.39 is 9.84 Å². The highest BCUT2D eigenvalue weighted by Crippen LogP contribution is 2.14. The van der Waals surface area contributed by atoms with Crippen molar-refractivity contribution >= 4 is 9.84 Å². The third-order valence-electron chi connectivity index (χ3n) is 3.20. The van der Waals surface area contributed by atoms with E-state index >= 15 is 0 Å². The minimum absolute atomic E-state index is 0.261. The first-order chi connectivity index (χ1) is 9.44. The zero-order valence-corrected chi connectivity index (χ0v) is 13.4. The molecule has 1 aromatic carbocycles. The lowest BCUT2D eigenvalue weighted by molar-refractivity contribution is 0.414. The molecule has 0 bridgehead atoms. The molecule has 0 aliphatic carbocycles. The SMILES string of the molecule is CCNC(CCCS(C)(=O)=O)Cc1ccc(OC)cc1. The minimum atomic E-state index is -2.86. The van der Waals surface area contributed by atoms with Crippen LogP contribution in [0.5, 0.6) is 5.75 Å². The molecule has 1 N–H and O–H groups in total. The molecule has 1 rings (SSSR count). The average Bonchev–Trinajstić information content (AvgIpc) is 2.38. The van der Waals surface area contributed by atoms with Crippen molar-refractivity contribution in [2.45, 2.75) is 32.2 Å². The van der Waals surface area contributed by atoms with Gasteiger partial charge in [0.05, 0.1) is 7.11 Å². The smallest absolute Gasteiger partial charge is 0.147 e. The van der Waals surface area contributed by atoms with E-state index in [9.17, 15) is 8.42 Å². The summed E-state index contributed by atoms with van der Waals surface area (Å²) in [6.07, 6.45) is 3.76. The Kier molecular flexibility index (Phi) is 7.02. The summed E-state index contributed by atoms with van der Waals surface area (Å²) in [7, 11) is -1.21. The van der Waals surface area contributed by atoms with Crippen molar-refractivity contribution in [2.75, 3.05) is 25.7 Å². The van der Waals surface area contributed by atoms with Crippen LogP contribution in [-0.2, 0) is 16.3 Å². The van der Waals surface area contributed by atoms with Gasteiger partial charge in [0.15, 0.2) is 0 Å². The molecule has 0 amide bonds. The van der Waals surface area contributed by atoms with Crippen LogP contribution in [-0.4, -0.2) is 40.1 Å². The Labute approximate surface area is 122 Å². The fraction of sp³-hybridized carbons (Fsp3) is 0.600. The van der Waals surface area contributed by atoms with Crippen LogP contribution in [0.15, 0.2) is 24.3 Å². The van der Waals surface area contributed by atoms with Crippen LogP contribution in [0, 0.1) is 0 Å². The lowest BCUT2D eigenvalue weighted by atomic mass is 10.0. The molecule has 0 spiro atoms. The second-order valence-electron chi connectivity index (χ2n) is 5.08. The Morgan fingerprint density at radius 3 is 2.40 bits per heavy atom. The van der Waals surface area contributed by atoms with Crippen molar-refractivity contribution in [2.24, 2.45) is 0 Å². The van der Waals surface area contributed by atoms with Crippen LogP contribution in [0.3, 0.4) is 0 Å². The monoisotopic (exact) mass is 299 g/mol. The van der Waals surface area contributed by atoms with Crippen LogP contribution in [0.1, 0.15) is 25.3 Å². The molecule has 0 saturated heterocycles. The molecular formula is C15H25NO3S. The maximum Gasteiger partial charge on any atom is 0.147 e. The van der Waals surface area contributed by atoms with Crippen LogP contribution in [0.4, 0.5) is 0 Å². The quantitative estimate of drug-likeness (QED) is 0.758. The number of benzene rings is 1. The highest BCUT2D eigenvalue weighted by Gasteiger charge is 2.10. The molecule has 0 aromatic heterocycles. The number of sulfone groups is 1. The molecular weight excluding hydrogens is 274 g/mol. The molecule has 1 unspecified atom stereocenters. The number of rotatable bonds is 9. The first kappa shape index (κ1) is 17.0. The maximum atomic E-state index is 11.2. The summed E-state index contributed by atoms with van der Waals surface area (Å²) in [5.74, 6) is 1.11. The van der Waals surface area contributed by atoms with Gasteiger partial charge in [-0.25, -0.2) is 8.42 Å². The van der Waals surface area contributed by atoms with Gasteiger partial charge in [-0.3, -0.25) is 0 Å². The minimum Gasteiger partial charge on any atom is -0.497 e. The predicted octanol–water partition coefficient (Wildman–Crippen LogP) is 2.04. The Morgan fingerprint density at radius 1 is 1.25 bits per heavy atom. The van der Waals surface area contributed by atoms with Gasteiger partial charge in [0.1, 0.15) is 15.6 Å². The zero-order valence-electron chi connectivity index (χ0n) is 12.6. The Bertz CT molecular complexity index is 482. The topological polar surface area (TPSA) is 55.4 Å². The molecule has 20 heavy (non-hydrogen) atoms. The van der Waals surface area contributed by atoms with Gasteiger partial charge in [-0.05, 0) is 43.5 Å². The molecule has 5 heteroatoms. The number of hydrogen-bond acceptors (Lipinski definition) is 4. The number of hydrogen-bond donors (Lipinski definition) is 1. The highest BCUT2D eigenvalue weighted by molar-refractivity contribution is 7.90. The Morgan fingerprint density at radius 2 is 1.90 bits per heavy atom. The lowest BCUT2D eigenvalue weighted by Crippen LogP contribution is -2.31. The van der Waals surface area contributed by atoms with Gasteiger partial charge in [-0.1, -0.05) is 19.1 Å². The summed E-state index contributed by atoms with van der Waals surface area (Å²) >= 11 is 0. The first-order valence-electron chi connectivity index (χ1n) is 6.98. The first-order valence-corrected chi connectivity index (χ1v) is 9.04. The standard InChI is InChI=1S/C15H25NO3S/c1-4-16-14(6-5-11-20(3,17)18)12-13-7-9-15(19-2)10-8-13/h7-10,14,16H,4-6,11-12H2,1-3H3. The predicted molar refractivity (Wildman–Crippen MR) is 83.1 cm³/mol. The van der Waals surface area contributed by atoms with Crippen molar-refractivity contribution in [1.82, 2.24) is 5.32 Å². The Balaban J connectivity index is 2.52. The second kappa shape index (κ2) is 8.27. The van der Waals surface area contributed by atoms with E-state index in [0.717, 1.165) is 25.1 Å². The number of likely N-dealkylation sites (N-methyl/N-ethyl adjacent to an activating group) is 1. The van der Waals surface area contributed by atoms with Crippen molar-refractivity contribution in [1.29, 1.82) is 0 Å². The summed E-state index contributed by atoms with van der Waals surface area (Å²) in [6, 6.07) is 8.33. The van der Waals surface area contributed by atoms with Crippen LogP contribution in [0.25, 0.3) is 0 Å². The van der Waals surface area contributed by atoms with Crippen molar-refractivity contribution in [3.8, 4) is 5.75 Å². The van der Waals surface area contributed by atoms with Gasteiger partial charge >= 0.3 is 0 Å². The molecule has 0 saturated carbocycles. The molecule has 0 heterocycles. The van der Waals surface area contributed by atoms with Crippen LogP contribution >= 0.6 is 0 Å². The van der Waals surface area contributed by atoms with Crippen LogP contribution < -0.4 is 10.1 Å². The number of ether oxygens (including phenoxy) is 1. The average molecular weight is 299 g/mol. The van der Waals surface area contributed by atoms with E-state index in [2.05, 4.69) is 24.4 Å². The summed E-state index contributed by atoms with van der Waals surface area (Å²) in [4.78, 5) is 0. The van der Waals surface area contributed by atoms with E-state index in [4.69, 9.17) is 4.74 Å². The molecule has 0 radical (unpaired) electrons. The number of nitrogens with one attached hydrogen (secondary N) is 1. The maximum absolute atomic E-state index is 11.2. The molecule has 0 aliphatic heterocycles. The van der Waals surface area contributed by atoms with Gasteiger partial charge in [-0.2, -0.15) is 0 Å². The molecule has 0 fully saturated rings. The normalized spacial score (nSPS) is 13.2. The van der Waals surface area contributed by atoms with E-state index in [0.29, 0.717) is 12.5 Å². The fourth-order valence-corrected chi connectivity index (χ4v) is 2.89. The third kappa shape index (κ3) is 6.91. The largest absolute Gasteiger partial charge is 0.497 e. The van der Waals surface area contributed by atoms with Gasteiger partial charge in [0.25, 0.3) is 0 Å². The van der Waals surface area contributed by atoms with E-state index in [1.807, 2.05) is 12.1 Å². The van der Waals surface area contributed by atoms with Gasteiger partial charge in [-0.15, -0.1) is 0 Å². The van der Waals surface area contributed by atoms with Gasteiger partial charge < -0.3 is 10.1 Å². The van der Waals surface area contributed by atoms with E-state index in [-0.39, 0.29) is 5.75 Å². The second-order valence-corrected chi connectivity index (χ2v) is 7.34. The zero-order chi connectivity index (χ0) is 15.0. The summed E-state index contributed by atoms with van der Waals surface area (Å²) in [6.45, 7) is 2.96. The fourth-order valence-electron chi connectivity index (χ4n) is 2.20. The highest BCUT2D eigenvalue weighted by atomic mass is 32.2. The third-order valence-corrected chi connectivity index (χ3v) is 4.23. The van der Waals surface area contributed by atoms with E-state index in [1.54, 1.807) is 7.11 Å². The van der Waals surface area contributed by atoms with Crippen molar-refractivity contribution < 1.29 is 13.2 Å². The van der Waals surface area contributed by atoms with Crippen LogP contribution in [0.2, 0.25) is 0 Å². The van der Waals surface area contributed by atoms with E-state index in [1.165, 1.54) is 11.8 Å². The van der Waals surface area contributed by atoms with Gasteiger partial charge in [0, 0.05) is 18.1 Å². The van der Waals surface area contributed by atoms with Crippen molar-refractivity contribution in [3.05, 3.63) is 29.8 Å². The number of methoxy groups -OCH3 is 1. The molecule has 4 nitrogen and oxygen atoms in total. The van der Waals surface area contributed by atoms with Gasteiger partial charge in [0.2, 0.25) is 0 Å². The van der Waals surface area contributed by atoms with Crippen molar-refractivity contribution in [3.63, 3.8) is 0 Å². The molecule has 0 aliphatic rings. The Hall–Kier alpha value is -1.07. The summed E-state index contributed by atoms with van der Waals surface area (Å²) in [5.41, 5.74) is 1.23. The molecule has 1 atom stereocenters. The molecule has 114 valence electrons.